The molecule has 0 fully saturated rings. The van der Waals surface area contributed by atoms with E-state index in [-0.39, 0.29) is 17.1 Å². The van der Waals surface area contributed by atoms with Gasteiger partial charge in [0.15, 0.2) is 0 Å². The van der Waals surface area contributed by atoms with Crippen LogP contribution in [0.5, 0.6) is 0 Å². The molecule has 20 heavy (non-hydrogen) atoms. The first kappa shape index (κ1) is 15.9. The first-order valence-corrected chi connectivity index (χ1v) is 6.73. The normalized spacial score (nSPS) is 10.9. The molecule has 1 rings (SSSR count). The van der Waals surface area contributed by atoms with Gasteiger partial charge in [0.1, 0.15) is 0 Å². The quantitative estimate of drug-likeness (QED) is 0.746. The summed E-state index contributed by atoms with van der Waals surface area (Å²) in [7, 11) is 0. The van der Waals surface area contributed by atoms with Gasteiger partial charge in [-0.2, -0.15) is 0 Å². The average molecular weight is 279 g/mol. The van der Waals surface area contributed by atoms with E-state index in [2.05, 4.69) is 15.6 Å². The molecule has 0 unspecified atom stereocenters. The molecule has 0 bridgehead atoms. The number of carbonyl (C=O) groups is 2. The summed E-state index contributed by atoms with van der Waals surface area (Å²) in [6.07, 6.45) is 5.15. The fourth-order valence-electron chi connectivity index (χ4n) is 2.04. The lowest BCUT2D eigenvalue weighted by atomic mass is 9.90. The number of aromatic carboxylic acids is 1. The second-order valence-electron chi connectivity index (χ2n) is 4.69. The fraction of sp³-hybridized carbons (Fsp3) is 0.500. The van der Waals surface area contributed by atoms with Crippen molar-refractivity contribution in [2.45, 2.75) is 45.6 Å². The number of nitrogens with one attached hydrogen (secondary N) is 2. The predicted molar refractivity (Wildman–Crippen MR) is 77.0 cm³/mol. The molecule has 1 heterocycles. The van der Waals surface area contributed by atoms with E-state index in [9.17, 15) is 9.59 Å². The third kappa shape index (κ3) is 3.94. The Hall–Kier alpha value is -2.11. The van der Waals surface area contributed by atoms with E-state index in [4.69, 9.17) is 5.11 Å². The zero-order valence-electron chi connectivity index (χ0n) is 12.1. The molecule has 6 nitrogen and oxygen atoms in total. The number of carboxylic acid groups (broad SMARTS) is 1. The second kappa shape index (κ2) is 6.88. The van der Waals surface area contributed by atoms with Crippen LogP contribution in [0.3, 0.4) is 0 Å². The van der Waals surface area contributed by atoms with Crippen molar-refractivity contribution < 1.29 is 14.7 Å². The number of anilines is 1. The van der Waals surface area contributed by atoms with Crippen LogP contribution in [0.1, 0.15) is 50.4 Å². The second-order valence-corrected chi connectivity index (χ2v) is 4.69. The highest BCUT2D eigenvalue weighted by molar-refractivity contribution is 5.92. The molecular weight excluding hydrogens is 258 g/mol. The maximum Gasteiger partial charge on any atom is 0.337 e. The number of aromatic nitrogens is 1. The van der Waals surface area contributed by atoms with Crippen molar-refractivity contribution in [2.24, 2.45) is 0 Å². The summed E-state index contributed by atoms with van der Waals surface area (Å²) in [5.41, 5.74) is 0.164. The number of rotatable bonds is 6. The number of carbonyl (C=O) groups excluding carboxylic acids is 1. The van der Waals surface area contributed by atoms with Gasteiger partial charge in [0.2, 0.25) is 0 Å². The van der Waals surface area contributed by atoms with E-state index in [0.29, 0.717) is 5.69 Å². The molecule has 0 atom stereocenters. The van der Waals surface area contributed by atoms with Gasteiger partial charge < -0.3 is 15.7 Å². The van der Waals surface area contributed by atoms with Crippen molar-refractivity contribution in [3.05, 3.63) is 24.0 Å². The van der Waals surface area contributed by atoms with Crippen LogP contribution in [0.2, 0.25) is 0 Å². The van der Waals surface area contributed by atoms with Gasteiger partial charge in [0, 0.05) is 11.7 Å². The molecule has 1 aromatic heterocycles. The zero-order chi connectivity index (χ0) is 15.2. The number of pyridine rings is 1. The van der Waals surface area contributed by atoms with Crippen molar-refractivity contribution in [3.63, 3.8) is 0 Å². The molecule has 0 spiro atoms. The zero-order valence-corrected chi connectivity index (χ0v) is 12.1. The van der Waals surface area contributed by atoms with Crippen LogP contribution in [0.15, 0.2) is 18.5 Å². The number of hydrogen-bond acceptors (Lipinski definition) is 3. The maximum absolute atomic E-state index is 12.0. The Labute approximate surface area is 118 Å². The number of amides is 2. The first-order valence-electron chi connectivity index (χ1n) is 6.73. The Morgan fingerprint density at radius 2 is 1.80 bits per heavy atom. The maximum atomic E-state index is 12.0. The lowest BCUT2D eigenvalue weighted by Gasteiger charge is -2.31. The molecule has 0 aliphatic carbocycles. The van der Waals surface area contributed by atoms with Gasteiger partial charge in [-0.25, -0.2) is 9.59 Å². The summed E-state index contributed by atoms with van der Waals surface area (Å²) in [5.74, 6) is -1.08. The first-order chi connectivity index (χ1) is 9.46. The van der Waals surface area contributed by atoms with Crippen LogP contribution < -0.4 is 10.6 Å². The number of urea groups is 1. The van der Waals surface area contributed by atoms with Crippen LogP contribution in [0, 0.1) is 0 Å². The predicted octanol–water partition coefficient (Wildman–Crippen LogP) is 2.87. The molecule has 0 saturated carbocycles. The van der Waals surface area contributed by atoms with Gasteiger partial charge in [-0.3, -0.25) is 4.98 Å². The molecule has 0 radical (unpaired) electrons. The van der Waals surface area contributed by atoms with Gasteiger partial charge in [-0.1, -0.05) is 20.8 Å². The number of carboxylic acids is 1. The van der Waals surface area contributed by atoms with E-state index in [1.165, 1.54) is 18.5 Å². The lowest BCUT2D eigenvalue weighted by Crippen LogP contribution is -2.48. The molecule has 110 valence electrons. The van der Waals surface area contributed by atoms with Crippen LogP contribution in [-0.4, -0.2) is 27.6 Å². The Morgan fingerprint density at radius 3 is 2.30 bits per heavy atom. The van der Waals surface area contributed by atoms with Crippen molar-refractivity contribution in [3.8, 4) is 0 Å². The standard InChI is InChI=1S/C14H21N3O3/c1-4-14(5-2,6-3)17-13(20)16-11-7-10(12(18)19)8-15-9-11/h7-9H,4-6H2,1-3H3,(H,18,19)(H2,16,17,20). The van der Waals surface area contributed by atoms with E-state index in [0.717, 1.165) is 19.3 Å². The van der Waals surface area contributed by atoms with E-state index >= 15 is 0 Å². The van der Waals surface area contributed by atoms with Crippen LogP contribution in [0.4, 0.5) is 10.5 Å². The SMILES string of the molecule is CCC(CC)(CC)NC(=O)Nc1cncc(C(=O)O)c1. The molecule has 0 aliphatic rings. The Bertz CT molecular complexity index is 476. The summed E-state index contributed by atoms with van der Waals surface area (Å²) in [4.78, 5) is 26.6. The monoisotopic (exact) mass is 279 g/mol. The van der Waals surface area contributed by atoms with E-state index in [1.54, 1.807) is 0 Å². The summed E-state index contributed by atoms with van der Waals surface area (Å²) >= 11 is 0. The summed E-state index contributed by atoms with van der Waals surface area (Å²) in [5, 5.41) is 14.4. The third-order valence-electron chi connectivity index (χ3n) is 3.65. The molecule has 0 aromatic carbocycles. The van der Waals surface area contributed by atoms with E-state index in [1.807, 2.05) is 20.8 Å². The van der Waals surface area contributed by atoms with Gasteiger partial charge in [0.25, 0.3) is 0 Å². The molecule has 0 saturated heterocycles. The van der Waals surface area contributed by atoms with E-state index < -0.39 is 5.97 Å². The average Bonchev–Trinajstić information content (AvgIpc) is 2.45. The smallest absolute Gasteiger partial charge is 0.337 e. The number of nitrogens with zero attached hydrogens (tertiary/aromatic N) is 1. The summed E-state index contributed by atoms with van der Waals surface area (Å²) < 4.78 is 0. The molecule has 0 aliphatic heterocycles. The van der Waals surface area contributed by atoms with Crippen LogP contribution >= 0.6 is 0 Å². The molecule has 1 aromatic rings. The Morgan fingerprint density at radius 1 is 1.20 bits per heavy atom. The minimum atomic E-state index is -1.08. The number of hydrogen-bond donors (Lipinski definition) is 3. The highest BCUT2D eigenvalue weighted by Gasteiger charge is 2.25. The fourth-order valence-corrected chi connectivity index (χ4v) is 2.04. The van der Waals surface area contributed by atoms with Crippen molar-refractivity contribution in [1.82, 2.24) is 10.3 Å². The molecule has 6 heteroatoms. The van der Waals surface area contributed by atoms with Crippen molar-refractivity contribution in [2.75, 3.05) is 5.32 Å². The third-order valence-corrected chi connectivity index (χ3v) is 3.65. The minimum absolute atomic E-state index is 0.0375. The van der Waals surface area contributed by atoms with Crippen LogP contribution in [-0.2, 0) is 0 Å². The molecule has 3 N–H and O–H groups in total. The Balaban J connectivity index is 2.76. The van der Waals surface area contributed by atoms with Gasteiger partial charge in [-0.05, 0) is 25.3 Å². The largest absolute Gasteiger partial charge is 0.478 e. The highest BCUT2D eigenvalue weighted by atomic mass is 16.4. The molecule has 2 amide bonds. The van der Waals surface area contributed by atoms with Crippen molar-refractivity contribution in [1.29, 1.82) is 0 Å². The minimum Gasteiger partial charge on any atom is -0.478 e. The summed E-state index contributed by atoms with van der Waals surface area (Å²) in [6, 6.07) is 1.03. The van der Waals surface area contributed by atoms with Gasteiger partial charge in [-0.15, -0.1) is 0 Å². The molecular formula is C14H21N3O3. The van der Waals surface area contributed by atoms with Gasteiger partial charge >= 0.3 is 12.0 Å². The summed E-state index contributed by atoms with van der Waals surface area (Å²) in [6.45, 7) is 6.08. The van der Waals surface area contributed by atoms with Crippen molar-refractivity contribution >= 4 is 17.7 Å². The lowest BCUT2D eigenvalue weighted by molar-refractivity contribution is 0.0696. The highest BCUT2D eigenvalue weighted by Crippen LogP contribution is 2.19. The van der Waals surface area contributed by atoms with Gasteiger partial charge in [0.05, 0.1) is 17.4 Å². The topological polar surface area (TPSA) is 91.3 Å². The van der Waals surface area contributed by atoms with Crippen LogP contribution in [0.25, 0.3) is 0 Å². The Kier molecular flexibility index (Phi) is 5.49.